The van der Waals surface area contributed by atoms with Gasteiger partial charge in [-0.05, 0) is 38.1 Å². The molecule has 1 heterocycles. The van der Waals surface area contributed by atoms with Crippen molar-refractivity contribution < 1.29 is 4.42 Å². The van der Waals surface area contributed by atoms with Gasteiger partial charge in [0.25, 0.3) is 0 Å². The zero-order chi connectivity index (χ0) is 9.52. The Morgan fingerprint density at radius 3 is 2.92 bits per heavy atom. The molecule has 74 valence electrons. The van der Waals surface area contributed by atoms with E-state index in [4.69, 9.17) is 4.42 Å². The fourth-order valence-corrected chi connectivity index (χ4v) is 1.33. The van der Waals surface area contributed by atoms with Crippen LogP contribution in [-0.2, 0) is 0 Å². The van der Waals surface area contributed by atoms with E-state index in [1.54, 1.807) is 6.26 Å². The number of nitrogens with one attached hydrogen (secondary N) is 1. The minimum absolute atomic E-state index is 0.527. The molecule has 0 saturated carbocycles. The Kier molecular flexibility index (Phi) is 4.61. The molecule has 0 spiro atoms. The molecule has 2 heteroatoms. The Labute approximate surface area is 80.3 Å². The number of furan rings is 1. The second-order valence-electron chi connectivity index (χ2n) is 3.46. The van der Waals surface area contributed by atoms with E-state index >= 15 is 0 Å². The average Bonchev–Trinajstić information content (AvgIpc) is 2.65. The molecule has 13 heavy (non-hydrogen) atoms. The van der Waals surface area contributed by atoms with Crippen LogP contribution < -0.4 is 5.32 Å². The molecule has 0 saturated heterocycles. The van der Waals surface area contributed by atoms with Crippen LogP contribution in [0.2, 0.25) is 0 Å². The van der Waals surface area contributed by atoms with E-state index in [0.29, 0.717) is 5.92 Å². The van der Waals surface area contributed by atoms with Gasteiger partial charge in [-0.15, -0.1) is 0 Å². The van der Waals surface area contributed by atoms with Crippen LogP contribution in [0, 0.1) is 0 Å². The quantitative estimate of drug-likeness (QED) is 0.683. The Morgan fingerprint density at radius 1 is 1.46 bits per heavy atom. The topological polar surface area (TPSA) is 25.2 Å². The highest BCUT2D eigenvalue weighted by atomic mass is 16.3. The van der Waals surface area contributed by atoms with Crippen LogP contribution in [0.5, 0.6) is 0 Å². The van der Waals surface area contributed by atoms with Gasteiger partial charge in [0.05, 0.1) is 6.26 Å². The highest BCUT2D eigenvalue weighted by Gasteiger charge is 2.06. The zero-order valence-corrected chi connectivity index (χ0v) is 8.55. The summed E-state index contributed by atoms with van der Waals surface area (Å²) >= 11 is 0. The third kappa shape index (κ3) is 3.64. The fourth-order valence-electron chi connectivity index (χ4n) is 1.33. The Morgan fingerprint density at radius 2 is 2.31 bits per heavy atom. The summed E-state index contributed by atoms with van der Waals surface area (Å²) in [6.07, 6.45) is 4.09. The summed E-state index contributed by atoms with van der Waals surface area (Å²) in [4.78, 5) is 0. The molecule has 1 atom stereocenters. The van der Waals surface area contributed by atoms with Gasteiger partial charge >= 0.3 is 0 Å². The Balaban J connectivity index is 2.15. The van der Waals surface area contributed by atoms with Crippen LogP contribution in [0.3, 0.4) is 0 Å². The van der Waals surface area contributed by atoms with Crippen molar-refractivity contribution >= 4 is 0 Å². The highest BCUT2D eigenvalue weighted by molar-refractivity contribution is 5.03. The van der Waals surface area contributed by atoms with Gasteiger partial charge in [0.15, 0.2) is 0 Å². The minimum atomic E-state index is 0.527. The molecule has 1 unspecified atom stereocenters. The lowest BCUT2D eigenvalue weighted by atomic mass is 10.1. The standard InChI is InChI=1S/C11H19NO/c1-3-7-12-8-6-10(2)11-5-4-9-13-11/h4-5,9-10,12H,3,6-8H2,1-2H3. The summed E-state index contributed by atoms with van der Waals surface area (Å²) in [7, 11) is 0. The predicted molar refractivity (Wildman–Crippen MR) is 54.9 cm³/mol. The van der Waals surface area contributed by atoms with Crippen LogP contribution in [0.25, 0.3) is 0 Å². The molecule has 0 amide bonds. The molecule has 1 aromatic rings. The summed E-state index contributed by atoms with van der Waals surface area (Å²) in [6, 6.07) is 4.00. The number of rotatable bonds is 6. The molecule has 1 aromatic heterocycles. The van der Waals surface area contributed by atoms with Crippen molar-refractivity contribution in [3.8, 4) is 0 Å². The molecule has 1 N–H and O–H groups in total. The largest absolute Gasteiger partial charge is 0.469 e. The average molecular weight is 181 g/mol. The molecule has 2 nitrogen and oxygen atoms in total. The normalized spacial score (nSPS) is 13.1. The summed E-state index contributed by atoms with van der Waals surface area (Å²) in [5.41, 5.74) is 0. The summed E-state index contributed by atoms with van der Waals surface area (Å²) in [5, 5.41) is 3.39. The van der Waals surface area contributed by atoms with Gasteiger partial charge in [-0.3, -0.25) is 0 Å². The lowest BCUT2D eigenvalue weighted by Crippen LogP contribution is -2.17. The maximum Gasteiger partial charge on any atom is 0.106 e. The van der Waals surface area contributed by atoms with Crippen LogP contribution >= 0.6 is 0 Å². The van der Waals surface area contributed by atoms with Crippen molar-refractivity contribution in [2.75, 3.05) is 13.1 Å². The Bertz CT molecular complexity index is 206. The van der Waals surface area contributed by atoms with E-state index in [9.17, 15) is 0 Å². The minimum Gasteiger partial charge on any atom is -0.469 e. The van der Waals surface area contributed by atoms with Crippen molar-refractivity contribution in [2.45, 2.75) is 32.6 Å². The third-order valence-electron chi connectivity index (χ3n) is 2.21. The molecule has 0 radical (unpaired) electrons. The van der Waals surface area contributed by atoms with Crippen molar-refractivity contribution in [2.24, 2.45) is 0 Å². The molecule has 0 aliphatic carbocycles. The van der Waals surface area contributed by atoms with Crippen molar-refractivity contribution in [3.63, 3.8) is 0 Å². The molecule has 0 fully saturated rings. The van der Waals surface area contributed by atoms with Crippen LogP contribution in [0.1, 0.15) is 38.4 Å². The third-order valence-corrected chi connectivity index (χ3v) is 2.21. The van der Waals surface area contributed by atoms with Gasteiger partial charge < -0.3 is 9.73 Å². The van der Waals surface area contributed by atoms with Gasteiger partial charge in [0.1, 0.15) is 5.76 Å². The number of hydrogen-bond donors (Lipinski definition) is 1. The summed E-state index contributed by atoms with van der Waals surface area (Å²) < 4.78 is 5.32. The van der Waals surface area contributed by atoms with E-state index in [2.05, 4.69) is 19.2 Å². The van der Waals surface area contributed by atoms with Crippen molar-refractivity contribution in [3.05, 3.63) is 24.2 Å². The summed E-state index contributed by atoms with van der Waals surface area (Å²) in [5.74, 6) is 1.62. The Hall–Kier alpha value is -0.760. The molecule has 0 aliphatic heterocycles. The van der Waals surface area contributed by atoms with E-state index in [1.807, 2.05) is 12.1 Å². The number of hydrogen-bond acceptors (Lipinski definition) is 2. The smallest absolute Gasteiger partial charge is 0.106 e. The van der Waals surface area contributed by atoms with Gasteiger partial charge in [-0.1, -0.05) is 13.8 Å². The second-order valence-corrected chi connectivity index (χ2v) is 3.46. The van der Waals surface area contributed by atoms with Gasteiger partial charge in [-0.25, -0.2) is 0 Å². The monoisotopic (exact) mass is 181 g/mol. The molecular weight excluding hydrogens is 162 g/mol. The van der Waals surface area contributed by atoms with Crippen LogP contribution in [-0.4, -0.2) is 13.1 Å². The lowest BCUT2D eigenvalue weighted by molar-refractivity contribution is 0.454. The van der Waals surface area contributed by atoms with Crippen LogP contribution in [0.4, 0.5) is 0 Å². The maximum absolute atomic E-state index is 5.32. The molecular formula is C11H19NO. The lowest BCUT2D eigenvalue weighted by Gasteiger charge is -2.08. The first-order valence-electron chi connectivity index (χ1n) is 5.08. The fraction of sp³-hybridized carbons (Fsp3) is 0.636. The molecule has 0 aromatic carbocycles. The zero-order valence-electron chi connectivity index (χ0n) is 8.55. The maximum atomic E-state index is 5.32. The first-order valence-corrected chi connectivity index (χ1v) is 5.08. The van der Waals surface area contributed by atoms with E-state index < -0.39 is 0 Å². The van der Waals surface area contributed by atoms with Crippen molar-refractivity contribution in [1.29, 1.82) is 0 Å². The predicted octanol–water partition coefficient (Wildman–Crippen LogP) is 2.77. The SMILES string of the molecule is CCCNCCC(C)c1ccco1. The van der Waals surface area contributed by atoms with E-state index in [1.165, 1.54) is 6.42 Å². The van der Waals surface area contributed by atoms with E-state index in [0.717, 1.165) is 25.3 Å². The molecule has 0 bridgehead atoms. The van der Waals surface area contributed by atoms with Gasteiger partial charge in [-0.2, -0.15) is 0 Å². The summed E-state index contributed by atoms with van der Waals surface area (Å²) in [6.45, 7) is 6.58. The van der Waals surface area contributed by atoms with Gasteiger partial charge in [0.2, 0.25) is 0 Å². The van der Waals surface area contributed by atoms with E-state index in [-0.39, 0.29) is 0 Å². The molecule has 1 rings (SSSR count). The van der Waals surface area contributed by atoms with Gasteiger partial charge in [0, 0.05) is 5.92 Å². The molecule has 0 aliphatic rings. The van der Waals surface area contributed by atoms with Crippen LogP contribution in [0.15, 0.2) is 22.8 Å². The van der Waals surface area contributed by atoms with Crippen molar-refractivity contribution in [1.82, 2.24) is 5.32 Å². The first-order chi connectivity index (χ1) is 6.34. The first kappa shape index (κ1) is 10.3. The highest BCUT2D eigenvalue weighted by Crippen LogP contribution is 2.18. The second kappa shape index (κ2) is 5.81.